The Kier molecular flexibility index (Phi) is 2.91. The first kappa shape index (κ1) is 11.3. The lowest BCUT2D eigenvalue weighted by Crippen LogP contribution is -1.93. The number of aryl methyl sites for hydroxylation is 2. The van der Waals surface area contributed by atoms with Crippen LogP contribution in [0.3, 0.4) is 0 Å². The first-order chi connectivity index (χ1) is 8.06. The number of benzene rings is 2. The number of nitrogen functional groups attached to an aromatic ring is 2. The quantitative estimate of drug-likeness (QED) is 0.775. The third-order valence-electron chi connectivity index (χ3n) is 2.62. The van der Waals surface area contributed by atoms with Crippen LogP contribution in [0.4, 0.5) is 11.4 Å². The van der Waals surface area contributed by atoms with Crippen molar-refractivity contribution in [3.63, 3.8) is 0 Å². The van der Waals surface area contributed by atoms with E-state index in [0.717, 1.165) is 34.0 Å². The van der Waals surface area contributed by atoms with Gasteiger partial charge in [-0.3, -0.25) is 0 Å². The number of hydrogen-bond donors (Lipinski definition) is 2. The minimum absolute atomic E-state index is 0.740. The molecule has 0 aliphatic carbocycles. The van der Waals surface area contributed by atoms with E-state index in [2.05, 4.69) is 0 Å². The summed E-state index contributed by atoms with van der Waals surface area (Å²) in [6.07, 6.45) is 0. The SMILES string of the molecule is Cc1cc(N)ccc1Oc1ccc(N)cc1C. The van der Waals surface area contributed by atoms with E-state index in [4.69, 9.17) is 16.2 Å². The van der Waals surface area contributed by atoms with Gasteiger partial charge in [-0.05, 0) is 61.4 Å². The molecule has 0 aliphatic heterocycles. The minimum Gasteiger partial charge on any atom is -0.457 e. The van der Waals surface area contributed by atoms with Gasteiger partial charge in [0, 0.05) is 11.4 Å². The van der Waals surface area contributed by atoms with Gasteiger partial charge in [0.15, 0.2) is 0 Å². The molecule has 0 fully saturated rings. The molecule has 0 amide bonds. The first-order valence-electron chi connectivity index (χ1n) is 5.46. The van der Waals surface area contributed by atoms with Gasteiger partial charge < -0.3 is 16.2 Å². The Morgan fingerprint density at radius 3 is 1.53 bits per heavy atom. The van der Waals surface area contributed by atoms with E-state index >= 15 is 0 Å². The summed E-state index contributed by atoms with van der Waals surface area (Å²) in [5.74, 6) is 1.62. The summed E-state index contributed by atoms with van der Waals surface area (Å²) < 4.78 is 5.84. The second-order valence-electron chi connectivity index (χ2n) is 4.15. The Bertz CT molecular complexity index is 500. The van der Waals surface area contributed by atoms with E-state index in [0.29, 0.717) is 0 Å². The maximum atomic E-state index is 5.84. The molecule has 2 rings (SSSR count). The fourth-order valence-electron chi connectivity index (χ4n) is 1.69. The third kappa shape index (κ3) is 2.50. The second-order valence-corrected chi connectivity index (χ2v) is 4.15. The molecule has 0 unspecified atom stereocenters. The summed E-state index contributed by atoms with van der Waals surface area (Å²) in [6.45, 7) is 3.94. The molecule has 4 N–H and O–H groups in total. The molecule has 0 saturated heterocycles. The molecule has 0 spiro atoms. The van der Waals surface area contributed by atoms with Crippen LogP contribution in [-0.4, -0.2) is 0 Å². The maximum absolute atomic E-state index is 5.84. The van der Waals surface area contributed by atoms with Crippen LogP contribution in [0.2, 0.25) is 0 Å². The Hall–Kier alpha value is -2.16. The van der Waals surface area contributed by atoms with Gasteiger partial charge in [0.25, 0.3) is 0 Å². The van der Waals surface area contributed by atoms with E-state index in [1.165, 1.54) is 0 Å². The molecule has 2 aromatic carbocycles. The van der Waals surface area contributed by atoms with Crippen molar-refractivity contribution < 1.29 is 4.74 Å². The Morgan fingerprint density at radius 2 is 1.18 bits per heavy atom. The van der Waals surface area contributed by atoms with Gasteiger partial charge >= 0.3 is 0 Å². The van der Waals surface area contributed by atoms with Crippen molar-refractivity contribution in [1.29, 1.82) is 0 Å². The molecule has 0 atom stereocenters. The normalized spacial score (nSPS) is 10.2. The zero-order chi connectivity index (χ0) is 12.4. The molecule has 88 valence electrons. The van der Waals surface area contributed by atoms with Gasteiger partial charge in [-0.1, -0.05) is 0 Å². The summed E-state index contributed by atoms with van der Waals surface area (Å²) in [6, 6.07) is 11.2. The summed E-state index contributed by atoms with van der Waals surface area (Å²) in [5.41, 5.74) is 14.9. The van der Waals surface area contributed by atoms with Crippen LogP contribution in [0.1, 0.15) is 11.1 Å². The lowest BCUT2D eigenvalue weighted by molar-refractivity contribution is 0.475. The molecule has 0 radical (unpaired) electrons. The molecular formula is C14H16N2O. The highest BCUT2D eigenvalue weighted by molar-refractivity contribution is 5.51. The fraction of sp³-hybridized carbons (Fsp3) is 0.143. The average molecular weight is 228 g/mol. The monoisotopic (exact) mass is 228 g/mol. The lowest BCUT2D eigenvalue weighted by atomic mass is 10.2. The number of rotatable bonds is 2. The summed E-state index contributed by atoms with van der Waals surface area (Å²) in [7, 11) is 0. The number of hydrogen-bond acceptors (Lipinski definition) is 3. The zero-order valence-corrected chi connectivity index (χ0v) is 10.0. The van der Waals surface area contributed by atoms with Crippen molar-refractivity contribution in [3.05, 3.63) is 47.5 Å². The van der Waals surface area contributed by atoms with Gasteiger partial charge in [0.2, 0.25) is 0 Å². The largest absolute Gasteiger partial charge is 0.457 e. The Morgan fingerprint density at radius 1 is 0.765 bits per heavy atom. The summed E-state index contributed by atoms with van der Waals surface area (Å²) in [5, 5.41) is 0. The van der Waals surface area contributed by atoms with Crippen molar-refractivity contribution in [2.24, 2.45) is 0 Å². The molecular weight excluding hydrogens is 212 g/mol. The van der Waals surface area contributed by atoms with Gasteiger partial charge in [-0.2, -0.15) is 0 Å². The van der Waals surface area contributed by atoms with E-state index in [1.807, 2.05) is 50.2 Å². The van der Waals surface area contributed by atoms with E-state index in [-0.39, 0.29) is 0 Å². The molecule has 3 heteroatoms. The third-order valence-corrected chi connectivity index (χ3v) is 2.62. The Labute approximate surface area is 101 Å². The lowest BCUT2D eigenvalue weighted by Gasteiger charge is -2.11. The summed E-state index contributed by atoms with van der Waals surface area (Å²) >= 11 is 0. The maximum Gasteiger partial charge on any atom is 0.130 e. The molecule has 0 saturated carbocycles. The number of nitrogens with two attached hydrogens (primary N) is 2. The van der Waals surface area contributed by atoms with E-state index in [1.54, 1.807) is 0 Å². The van der Waals surface area contributed by atoms with Crippen molar-refractivity contribution >= 4 is 11.4 Å². The van der Waals surface area contributed by atoms with Gasteiger partial charge in [-0.25, -0.2) is 0 Å². The van der Waals surface area contributed by atoms with Crippen LogP contribution in [-0.2, 0) is 0 Å². The number of anilines is 2. The molecule has 0 aromatic heterocycles. The van der Waals surface area contributed by atoms with Crippen LogP contribution in [0.25, 0.3) is 0 Å². The van der Waals surface area contributed by atoms with Crippen molar-refractivity contribution in [1.82, 2.24) is 0 Å². The standard InChI is InChI=1S/C14H16N2O/c1-9-7-11(15)3-5-13(9)17-14-6-4-12(16)8-10(14)2/h3-8H,15-16H2,1-2H3. The minimum atomic E-state index is 0.740. The molecule has 3 nitrogen and oxygen atoms in total. The van der Waals surface area contributed by atoms with Crippen LogP contribution < -0.4 is 16.2 Å². The van der Waals surface area contributed by atoms with Crippen LogP contribution in [0, 0.1) is 13.8 Å². The van der Waals surface area contributed by atoms with Crippen molar-refractivity contribution in [2.75, 3.05) is 11.5 Å². The predicted molar refractivity (Wildman–Crippen MR) is 71.3 cm³/mol. The van der Waals surface area contributed by atoms with Crippen molar-refractivity contribution in [2.45, 2.75) is 13.8 Å². The number of ether oxygens (including phenoxy) is 1. The first-order valence-corrected chi connectivity index (χ1v) is 5.46. The van der Waals surface area contributed by atoms with Crippen molar-refractivity contribution in [3.8, 4) is 11.5 Å². The highest BCUT2D eigenvalue weighted by Gasteiger charge is 2.04. The van der Waals surface area contributed by atoms with Crippen LogP contribution in [0.15, 0.2) is 36.4 Å². The van der Waals surface area contributed by atoms with Crippen LogP contribution >= 0.6 is 0 Å². The second kappa shape index (κ2) is 4.37. The Balaban J connectivity index is 2.31. The van der Waals surface area contributed by atoms with Gasteiger partial charge in [0.1, 0.15) is 11.5 Å². The van der Waals surface area contributed by atoms with Crippen LogP contribution in [0.5, 0.6) is 11.5 Å². The highest BCUT2D eigenvalue weighted by atomic mass is 16.5. The average Bonchev–Trinajstić information content (AvgIpc) is 2.25. The topological polar surface area (TPSA) is 61.3 Å². The molecule has 0 heterocycles. The molecule has 0 bridgehead atoms. The smallest absolute Gasteiger partial charge is 0.130 e. The van der Waals surface area contributed by atoms with Gasteiger partial charge in [-0.15, -0.1) is 0 Å². The van der Waals surface area contributed by atoms with E-state index in [9.17, 15) is 0 Å². The van der Waals surface area contributed by atoms with E-state index < -0.39 is 0 Å². The molecule has 0 aliphatic rings. The molecule has 2 aromatic rings. The fourth-order valence-corrected chi connectivity index (χ4v) is 1.69. The summed E-state index contributed by atoms with van der Waals surface area (Å²) in [4.78, 5) is 0. The highest BCUT2D eigenvalue weighted by Crippen LogP contribution is 2.29. The zero-order valence-electron chi connectivity index (χ0n) is 10.0. The van der Waals surface area contributed by atoms with Gasteiger partial charge in [0.05, 0.1) is 0 Å². The predicted octanol–water partition coefficient (Wildman–Crippen LogP) is 3.26. The molecule has 17 heavy (non-hydrogen) atoms.